The number of thiocarbonyl (C=S) groups is 1. The summed E-state index contributed by atoms with van der Waals surface area (Å²) in [4.78, 5) is 12.1. The van der Waals surface area contributed by atoms with Crippen LogP contribution in [0.25, 0.3) is 17.4 Å². The van der Waals surface area contributed by atoms with E-state index in [1.807, 2.05) is 38.1 Å². The topological polar surface area (TPSA) is 42.2 Å². The van der Waals surface area contributed by atoms with Gasteiger partial charge in [-0.3, -0.25) is 4.79 Å². The van der Waals surface area contributed by atoms with Crippen molar-refractivity contribution in [2.75, 3.05) is 0 Å². The standard InChI is InChI=1S/C14H8ClNO2S2.C2H6/c15-9-3-1-8(2-4-9)11-6-5-10(18-11)7-12-13(17)16-14(19)20-12;1-2/h1-7H,(H,16,17,19);1-2H3/b12-7+;. The first kappa shape index (κ1) is 16.8. The zero-order chi connectivity index (χ0) is 16.1. The molecule has 0 saturated carbocycles. The molecular weight excluding hydrogens is 338 g/mol. The van der Waals surface area contributed by atoms with Gasteiger partial charge in [0.05, 0.1) is 4.91 Å². The Bertz CT molecular complexity index is 720. The highest BCUT2D eigenvalue weighted by molar-refractivity contribution is 8.26. The van der Waals surface area contributed by atoms with Crippen molar-refractivity contribution in [1.82, 2.24) is 5.32 Å². The molecule has 1 aliphatic rings. The number of benzene rings is 1. The highest BCUT2D eigenvalue weighted by Gasteiger charge is 2.22. The molecule has 1 fully saturated rings. The summed E-state index contributed by atoms with van der Waals surface area (Å²) in [7, 11) is 0. The molecule has 1 saturated heterocycles. The maximum Gasteiger partial charge on any atom is 0.263 e. The van der Waals surface area contributed by atoms with E-state index in [0.29, 0.717) is 20.0 Å². The smallest absolute Gasteiger partial charge is 0.263 e. The van der Waals surface area contributed by atoms with E-state index in [0.717, 1.165) is 11.3 Å². The van der Waals surface area contributed by atoms with E-state index in [4.69, 9.17) is 28.2 Å². The number of furan rings is 1. The highest BCUT2D eigenvalue weighted by Crippen LogP contribution is 2.29. The molecule has 6 heteroatoms. The third-order valence-electron chi connectivity index (χ3n) is 2.67. The Hall–Kier alpha value is -1.56. The second kappa shape index (κ2) is 7.63. The van der Waals surface area contributed by atoms with Gasteiger partial charge in [0.25, 0.3) is 5.91 Å². The summed E-state index contributed by atoms with van der Waals surface area (Å²) in [5, 5.41) is 3.24. The lowest BCUT2D eigenvalue weighted by Crippen LogP contribution is -2.17. The fourth-order valence-electron chi connectivity index (χ4n) is 1.75. The molecule has 1 aromatic carbocycles. The Balaban J connectivity index is 0.000000847. The van der Waals surface area contributed by atoms with Crippen LogP contribution in [0.4, 0.5) is 0 Å². The number of hydrogen-bond donors (Lipinski definition) is 1. The van der Waals surface area contributed by atoms with E-state index in [1.165, 1.54) is 11.8 Å². The first-order valence-corrected chi connectivity index (χ1v) is 8.33. The first-order valence-electron chi connectivity index (χ1n) is 6.72. The zero-order valence-corrected chi connectivity index (χ0v) is 14.4. The van der Waals surface area contributed by atoms with Crippen LogP contribution in [0, 0.1) is 0 Å². The average molecular weight is 352 g/mol. The minimum Gasteiger partial charge on any atom is -0.457 e. The van der Waals surface area contributed by atoms with Crippen molar-refractivity contribution in [3.63, 3.8) is 0 Å². The predicted molar refractivity (Wildman–Crippen MR) is 96.8 cm³/mol. The minimum absolute atomic E-state index is 0.190. The molecule has 1 N–H and O–H groups in total. The molecule has 0 radical (unpaired) electrons. The molecule has 2 aromatic rings. The van der Waals surface area contributed by atoms with Crippen molar-refractivity contribution in [3.05, 3.63) is 52.1 Å². The quantitative estimate of drug-likeness (QED) is 0.602. The number of rotatable bonds is 2. The van der Waals surface area contributed by atoms with Gasteiger partial charge < -0.3 is 9.73 Å². The molecular formula is C16H14ClNO2S2. The normalized spacial score (nSPS) is 15.5. The first-order chi connectivity index (χ1) is 10.6. The van der Waals surface area contributed by atoms with E-state index in [9.17, 15) is 4.79 Å². The van der Waals surface area contributed by atoms with Crippen LogP contribution in [-0.2, 0) is 4.79 Å². The van der Waals surface area contributed by atoms with E-state index >= 15 is 0 Å². The molecule has 3 rings (SSSR count). The van der Waals surface area contributed by atoms with Gasteiger partial charge in [0, 0.05) is 16.7 Å². The van der Waals surface area contributed by atoms with Crippen molar-refractivity contribution in [2.45, 2.75) is 13.8 Å². The van der Waals surface area contributed by atoms with Gasteiger partial charge in [-0.2, -0.15) is 0 Å². The summed E-state index contributed by atoms with van der Waals surface area (Å²) in [6, 6.07) is 11.0. The number of amides is 1. The molecule has 22 heavy (non-hydrogen) atoms. The molecule has 1 aromatic heterocycles. The van der Waals surface area contributed by atoms with Gasteiger partial charge in [0.15, 0.2) is 0 Å². The number of carbonyl (C=O) groups is 1. The van der Waals surface area contributed by atoms with E-state index in [1.54, 1.807) is 18.2 Å². The van der Waals surface area contributed by atoms with Gasteiger partial charge in [-0.05, 0) is 36.4 Å². The van der Waals surface area contributed by atoms with Crippen LogP contribution < -0.4 is 5.32 Å². The maximum atomic E-state index is 11.6. The Morgan fingerprint density at radius 1 is 1.18 bits per heavy atom. The summed E-state index contributed by atoms with van der Waals surface area (Å²) in [5.74, 6) is 1.14. The molecule has 114 valence electrons. The number of halogens is 1. The van der Waals surface area contributed by atoms with Crippen LogP contribution in [0.15, 0.2) is 45.7 Å². The van der Waals surface area contributed by atoms with E-state index in [-0.39, 0.29) is 5.91 Å². The summed E-state index contributed by atoms with van der Waals surface area (Å²) >= 11 is 12.0. The highest BCUT2D eigenvalue weighted by atomic mass is 35.5. The van der Waals surface area contributed by atoms with Crippen LogP contribution in [0.2, 0.25) is 5.02 Å². The molecule has 3 nitrogen and oxygen atoms in total. The lowest BCUT2D eigenvalue weighted by molar-refractivity contribution is -0.115. The van der Waals surface area contributed by atoms with Crippen LogP contribution >= 0.6 is 35.6 Å². The number of nitrogens with one attached hydrogen (secondary N) is 1. The second-order valence-corrected chi connectivity index (χ2v) is 6.22. The van der Waals surface area contributed by atoms with Gasteiger partial charge in [0.2, 0.25) is 0 Å². The minimum atomic E-state index is -0.190. The number of hydrogen-bond acceptors (Lipinski definition) is 4. The average Bonchev–Trinajstić information content (AvgIpc) is 3.09. The van der Waals surface area contributed by atoms with Crippen molar-refractivity contribution in [1.29, 1.82) is 0 Å². The molecule has 1 amide bonds. The predicted octanol–water partition coefficient (Wildman–Crippen LogP) is 5.12. The monoisotopic (exact) mass is 351 g/mol. The molecule has 0 unspecified atom stereocenters. The van der Waals surface area contributed by atoms with Gasteiger partial charge in [-0.15, -0.1) is 0 Å². The molecule has 0 atom stereocenters. The maximum absolute atomic E-state index is 11.6. The lowest BCUT2D eigenvalue weighted by atomic mass is 10.2. The fraction of sp³-hybridized carbons (Fsp3) is 0.125. The Morgan fingerprint density at radius 3 is 2.45 bits per heavy atom. The van der Waals surface area contributed by atoms with Crippen LogP contribution in [0.1, 0.15) is 19.6 Å². The molecule has 2 heterocycles. The SMILES string of the molecule is CC.O=C1NC(=S)S/C1=C/c1ccc(-c2ccc(Cl)cc2)o1. The van der Waals surface area contributed by atoms with Gasteiger partial charge >= 0.3 is 0 Å². The van der Waals surface area contributed by atoms with Gasteiger partial charge in [-0.1, -0.05) is 49.4 Å². The fourth-order valence-corrected chi connectivity index (χ4v) is 2.90. The second-order valence-electron chi connectivity index (χ2n) is 4.06. The number of thioether (sulfide) groups is 1. The van der Waals surface area contributed by atoms with E-state index < -0.39 is 0 Å². The Labute approximate surface area is 143 Å². The molecule has 0 spiro atoms. The molecule has 0 bridgehead atoms. The largest absolute Gasteiger partial charge is 0.457 e. The summed E-state index contributed by atoms with van der Waals surface area (Å²) in [6.45, 7) is 4.00. The Morgan fingerprint density at radius 2 is 1.86 bits per heavy atom. The van der Waals surface area contributed by atoms with Crippen molar-refractivity contribution >= 4 is 51.9 Å². The third-order valence-corrected chi connectivity index (χ3v) is 4.09. The summed E-state index contributed by atoms with van der Waals surface area (Å²) < 4.78 is 6.16. The lowest BCUT2D eigenvalue weighted by Gasteiger charge is -1.96. The Kier molecular flexibility index (Phi) is 5.83. The number of carbonyl (C=O) groups excluding carboxylic acids is 1. The van der Waals surface area contributed by atoms with Crippen molar-refractivity contribution < 1.29 is 9.21 Å². The van der Waals surface area contributed by atoms with Crippen molar-refractivity contribution in [3.8, 4) is 11.3 Å². The van der Waals surface area contributed by atoms with Crippen molar-refractivity contribution in [2.24, 2.45) is 0 Å². The van der Waals surface area contributed by atoms with Crippen LogP contribution in [0.3, 0.4) is 0 Å². The van der Waals surface area contributed by atoms with Gasteiger partial charge in [-0.25, -0.2) is 0 Å². The van der Waals surface area contributed by atoms with Crippen LogP contribution in [0.5, 0.6) is 0 Å². The summed E-state index contributed by atoms with van der Waals surface area (Å²) in [5.41, 5.74) is 0.929. The third kappa shape index (κ3) is 4.00. The van der Waals surface area contributed by atoms with Gasteiger partial charge in [0.1, 0.15) is 15.8 Å². The van der Waals surface area contributed by atoms with Crippen LogP contribution in [-0.4, -0.2) is 10.2 Å². The molecule has 1 aliphatic heterocycles. The summed E-state index contributed by atoms with van der Waals surface area (Å²) in [6.07, 6.45) is 1.68. The zero-order valence-electron chi connectivity index (χ0n) is 12.1. The van der Waals surface area contributed by atoms with E-state index in [2.05, 4.69) is 5.32 Å². The molecule has 0 aliphatic carbocycles.